The lowest BCUT2D eigenvalue weighted by atomic mass is 10.1. The van der Waals surface area contributed by atoms with E-state index in [1.807, 2.05) is 37.3 Å². The number of hydrogen-bond donors (Lipinski definition) is 1. The van der Waals surface area contributed by atoms with E-state index in [0.29, 0.717) is 27.7 Å². The summed E-state index contributed by atoms with van der Waals surface area (Å²) in [5.74, 6) is 0. The van der Waals surface area contributed by atoms with Crippen molar-refractivity contribution in [3.63, 3.8) is 0 Å². The Labute approximate surface area is 159 Å². The fourth-order valence-electron chi connectivity index (χ4n) is 3.07. The van der Waals surface area contributed by atoms with Crippen molar-refractivity contribution in [2.45, 2.75) is 6.92 Å². The average Bonchev–Trinajstić information content (AvgIpc) is 3.14. The first-order chi connectivity index (χ1) is 13.0. The Bertz CT molecular complexity index is 1230. The van der Waals surface area contributed by atoms with Gasteiger partial charge in [0.05, 0.1) is 11.3 Å². The van der Waals surface area contributed by atoms with Gasteiger partial charge in [0.1, 0.15) is 5.69 Å². The summed E-state index contributed by atoms with van der Waals surface area (Å²) >= 11 is 5.96. The molecule has 0 aliphatic rings. The summed E-state index contributed by atoms with van der Waals surface area (Å²) in [6, 6.07) is 16.3. The molecule has 0 aliphatic carbocycles. The molecule has 0 saturated carbocycles. The van der Waals surface area contributed by atoms with Gasteiger partial charge >= 0.3 is 5.56 Å². The number of nitrogens with zero attached hydrogens (tertiary/aromatic N) is 4. The first-order valence-corrected chi connectivity index (χ1v) is 8.61. The second-order valence-electron chi connectivity index (χ2n) is 6.08. The fraction of sp³-hybridized carbons (Fsp3) is 0.105. The first kappa shape index (κ1) is 17.1. The summed E-state index contributed by atoms with van der Waals surface area (Å²) in [5.41, 5.74) is 2.44. The van der Waals surface area contributed by atoms with E-state index in [1.54, 1.807) is 40.7 Å². The van der Waals surface area contributed by atoms with Gasteiger partial charge in [0.15, 0.2) is 0 Å². The summed E-state index contributed by atoms with van der Waals surface area (Å²) in [5, 5.41) is 12.6. The zero-order valence-corrected chi connectivity index (χ0v) is 15.4. The number of hydrogen-bond acceptors (Lipinski definition) is 3. The molecule has 0 unspecified atom stereocenters. The number of benzene rings is 2. The monoisotopic (exact) mass is 381 g/mol. The molecule has 0 aliphatic heterocycles. The first-order valence-electron chi connectivity index (χ1n) is 8.23. The lowest BCUT2D eigenvalue weighted by Gasteiger charge is -2.06. The molecule has 0 amide bonds. The van der Waals surface area contributed by atoms with Gasteiger partial charge in [-0.15, -0.1) is 0 Å². The molecule has 0 fully saturated rings. The van der Waals surface area contributed by atoms with Crippen molar-refractivity contribution in [3.8, 4) is 22.6 Å². The lowest BCUT2D eigenvalue weighted by Crippen LogP contribution is -2.43. The van der Waals surface area contributed by atoms with Crippen molar-refractivity contribution in [1.82, 2.24) is 14.6 Å². The smallest absolute Gasteiger partial charge is 0.343 e. The van der Waals surface area contributed by atoms with Gasteiger partial charge in [-0.05, 0) is 43.3 Å². The minimum atomic E-state index is -0.255. The molecular weight excluding hydrogens is 366 g/mol. The van der Waals surface area contributed by atoms with E-state index in [-0.39, 0.29) is 11.1 Å². The van der Waals surface area contributed by atoms with Crippen molar-refractivity contribution in [3.05, 3.63) is 81.2 Å². The van der Waals surface area contributed by atoms with Crippen molar-refractivity contribution in [2.75, 3.05) is 0 Å². The maximum atomic E-state index is 13.2. The fourth-order valence-corrected chi connectivity index (χ4v) is 3.20. The van der Waals surface area contributed by atoms with E-state index in [0.717, 1.165) is 5.69 Å². The largest absolute Gasteiger partial charge is 0.486 e. The summed E-state index contributed by atoms with van der Waals surface area (Å²) in [4.78, 5) is 13.2. The summed E-state index contributed by atoms with van der Waals surface area (Å²) < 4.78 is 9.78. The Morgan fingerprint density at radius 1 is 1.11 bits per heavy atom. The third-order valence-corrected chi connectivity index (χ3v) is 4.75. The van der Waals surface area contributed by atoms with Crippen LogP contribution >= 0.6 is 11.6 Å². The SMILES string of the molecule is Cc1c(-[n+]2[n-]oc(=N)c2-c2ccc(Cl)cc2)c(=O)n(-c2ccccc2)n1C. The Morgan fingerprint density at radius 2 is 1.78 bits per heavy atom. The van der Waals surface area contributed by atoms with Crippen LogP contribution in [0.1, 0.15) is 5.69 Å². The predicted octanol–water partition coefficient (Wildman–Crippen LogP) is 2.11. The second-order valence-corrected chi connectivity index (χ2v) is 6.52. The minimum absolute atomic E-state index is 0.133. The molecule has 4 aromatic rings. The molecule has 136 valence electrons. The standard InChI is InChI=1S/C19H16ClN5O2/c1-12-16(19(26)25(23(12)2)15-6-4-3-5-7-15)24-17(18(21)27-22-24)13-8-10-14(20)11-9-13/h3-11,21H,1-2H3. The predicted molar refractivity (Wildman–Crippen MR) is 99.2 cm³/mol. The van der Waals surface area contributed by atoms with Crippen LogP contribution in [0.3, 0.4) is 0 Å². The molecule has 27 heavy (non-hydrogen) atoms. The molecule has 2 aromatic carbocycles. The molecule has 0 radical (unpaired) electrons. The van der Waals surface area contributed by atoms with Crippen molar-refractivity contribution >= 4 is 11.6 Å². The van der Waals surface area contributed by atoms with Crippen LogP contribution in [-0.4, -0.2) is 9.36 Å². The molecule has 2 aromatic heterocycles. The zero-order valence-electron chi connectivity index (χ0n) is 14.7. The zero-order chi connectivity index (χ0) is 19.1. The summed E-state index contributed by atoms with van der Waals surface area (Å²) in [6.07, 6.45) is 0. The number of para-hydroxylation sites is 1. The van der Waals surface area contributed by atoms with Gasteiger partial charge in [-0.3, -0.25) is 14.9 Å². The lowest BCUT2D eigenvalue weighted by molar-refractivity contribution is -0.667. The molecule has 7 nitrogen and oxygen atoms in total. The van der Waals surface area contributed by atoms with Gasteiger partial charge < -0.3 is 4.52 Å². The van der Waals surface area contributed by atoms with Crippen LogP contribution < -0.4 is 21.1 Å². The van der Waals surface area contributed by atoms with Gasteiger partial charge in [0.2, 0.25) is 0 Å². The number of halogens is 1. The van der Waals surface area contributed by atoms with Crippen molar-refractivity contribution in [1.29, 1.82) is 5.41 Å². The normalized spacial score (nSPS) is 11.1. The van der Waals surface area contributed by atoms with Gasteiger partial charge in [0.25, 0.3) is 16.9 Å². The van der Waals surface area contributed by atoms with Crippen molar-refractivity contribution in [2.24, 2.45) is 7.05 Å². The topological polar surface area (TPSA) is 81.9 Å². The Balaban J connectivity index is 1.98. The van der Waals surface area contributed by atoms with Crippen LogP contribution in [0.25, 0.3) is 22.6 Å². The van der Waals surface area contributed by atoms with Gasteiger partial charge in [0, 0.05) is 12.1 Å². The quantitative estimate of drug-likeness (QED) is 0.552. The van der Waals surface area contributed by atoms with E-state index in [9.17, 15) is 4.79 Å². The molecule has 0 atom stereocenters. The molecule has 8 heteroatoms. The Hall–Kier alpha value is -3.32. The number of nitrogens with one attached hydrogen (secondary N) is 1. The van der Waals surface area contributed by atoms with E-state index >= 15 is 0 Å². The maximum Gasteiger partial charge on any atom is 0.343 e. The van der Waals surface area contributed by atoms with Crippen LogP contribution in [0.4, 0.5) is 0 Å². The van der Waals surface area contributed by atoms with E-state index in [1.165, 1.54) is 4.68 Å². The third kappa shape index (κ3) is 2.72. The van der Waals surface area contributed by atoms with Gasteiger partial charge in [-0.2, -0.15) is 4.68 Å². The summed E-state index contributed by atoms with van der Waals surface area (Å²) in [6.45, 7) is 1.83. The van der Waals surface area contributed by atoms with Crippen molar-refractivity contribution < 1.29 is 9.20 Å². The Morgan fingerprint density at radius 3 is 2.44 bits per heavy atom. The highest BCUT2D eigenvalue weighted by molar-refractivity contribution is 6.30. The molecule has 2 heterocycles. The number of aromatic nitrogens is 4. The molecule has 0 saturated heterocycles. The molecule has 0 bridgehead atoms. The van der Waals surface area contributed by atoms with E-state index in [2.05, 4.69) is 5.27 Å². The van der Waals surface area contributed by atoms with Crippen LogP contribution in [0.2, 0.25) is 5.02 Å². The number of rotatable bonds is 3. The minimum Gasteiger partial charge on any atom is -0.486 e. The third-order valence-electron chi connectivity index (χ3n) is 4.49. The Kier molecular flexibility index (Phi) is 4.08. The second kappa shape index (κ2) is 6.44. The van der Waals surface area contributed by atoms with Gasteiger partial charge in [-0.1, -0.05) is 29.8 Å². The molecular formula is C19H16ClN5O2. The average molecular weight is 382 g/mol. The van der Waals surface area contributed by atoms with Crippen LogP contribution in [-0.2, 0) is 7.05 Å². The molecule has 1 N–H and O–H groups in total. The highest BCUT2D eigenvalue weighted by Crippen LogP contribution is 2.17. The molecule has 4 rings (SSSR count). The summed E-state index contributed by atoms with van der Waals surface area (Å²) in [7, 11) is 1.80. The van der Waals surface area contributed by atoms with Gasteiger partial charge in [-0.25, -0.2) is 9.95 Å². The van der Waals surface area contributed by atoms with Crippen LogP contribution in [0.5, 0.6) is 0 Å². The van der Waals surface area contributed by atoms with Crippen LogP contribution in [0.15, 0.2) is 63.9 Å². The van der Waals surface area contributed by atoms with E-state index < -0.39 is 0 Å². The highest BCUT2D eigenvalue weighted by atomic mass is 35.5. The highest BCUT2D eigenvalue weighted by Gasteiger charge is 2.27. The van der Waals surface area contributed by atoms with Crippen LogP contribution in [0, 0.1) is 12.3 Å². The molecule has 0 spiro atoms. The maximum absolute atomic E-state index is 13.2. The van der Waals surface area contributed by atoms with E-state index in [4.69, 9.17) is 21.5 Å².